The highest BCUT2D eigenvalue weighted by Crippen LogP contribution is 2.30. The number of rotatable bonds is 7. The van der Waals surface area contributed by atoms with Crippen molar-refractivity contribution < 1.29 is 36.6 Å². The second kappa shape index (κ2) is 9.95. The summed E-state index contributed by atoms with van der Waals surface area (Å²) in [5, 5.41) is 1.44. The van der Waals surface area contributed by atoms with Crippen LogP contribution in [0.1, 0.15) is 21.5 Å². The molecule has 0 bridgehead atoms. The first-order valence-electron chi connectivity index (χ1n) is 9.33. The second-order valence-electron chi connectivity index (χ2n) is 6.62. The maximum atomic E-state index is 14.4. The smallest absolute Gasteiger partial charge is 0.471 e. The molecule has 3 aromatic carbocycles. The number of amides is 1. The Morgan fingerprint density at radius 3 is 1.97 bits per heavy atom. The summed E-state index contributed by atoms with van der Waals surface area (Å²) in [4.78, 5) is 23.8. The Labute approximate surface area is 180 Å². The number of anilines is 1. The summed E-state index contributed by atoms with van der Waals surface area (Å²) in [7, 11) is 0. The monoisotopic (exact) mass is 447 g/mol. The molecular weight excluding hydrogens is 430 g/mol. The van der Waals surface area contributed by atoms with Crippen molar-refractivity contribution in [3.8, 4) is 5.75 Å². The molecule has 0 saturated carbocycles. The van der Waals surface area contributed by atoms with Crippen molar-refractivity contribution >= 4 is 17.6 Å². The summed E-state index contributed by atoms with van der Waals surface area (Å²) in [5.74, 6) is -4.79. The molecule has 166 valence electrons. The Kier molecular flexibility index (Phi) is 7.09. The summed E-state index contributed by atoms with van der Waals surface area (Å²) in [6.45, 7) is -0.163. The minimum Gasteiger partial charge on any atom is -0.488 e. The summed E-state index contributed by atoms with van der Waals surface area (Å²) in [6.07, 6.45) is -5.22. The molecular formula is C23H17F4NO4. The van der Waals surface area contributed by atoms with Gasteiger partial charge in [-0.1, -0.05) is 60.7 Å². The molecule has 0 aromatic heterocycles. The Morgan fingerprint density at radius 1 is 0.844 bits per heavy atom. The number of halogens is 4. The molecule has 0 aliphatic rings. The van der Waals surface area contributed by atoms with E-state index in [4.69, 9.17) is 9.47 Å². The quantitative estimate of drug-likeness (QED) is 0.396. The number of nitrogens with one attached hydrogen (secondary N) is 1. The molecule has 0 aliphatic carbocycles. The van der Waals surface area contributed by atoms with E-state index in [0.717, 1.165) is 6.07 Å². The van der Waals surface area contributed by atoms with Crippen LogP contribution >= 0.6 is 0 Å². The number of carbonyl (C=O) groups excluding carboxylic acids is 2. The van der Waals surface area contributed by atoms with Crippen molar-refractivity contribution in [1.82, 2.24) is 0 Å². The Hall–Kier alpha value is -3.88. The minimum absolute atomic E-state index is 0.0574. The van der Waals surface area contributed by atoms with Crippen molar-refractivity contribution in [3.63, 3.8) is 0 Å². The Bertz CT molecular complexity index is 1090. The third kappa shape index (κ3) is 6.07. The van der Waals surface area contributed by atoms with Gasteiger partial charge in [0.05, 0.1) is 5.69 Å². The molecule has 1 N–H and O–H groups in total. The van der Waals surface area contributed by atoms with E-state index in [1.165, 1.54) is 5.32 Å². The van der Waals surface area contributed by atoms with Gasteiger partial charge in [-0.25, -0.2) is 9.18 Å². The zero-order valence-corrected chi connectivity index (χ0v) is 16.5. The lowest BCUT2D eigenvalue weighted by molar-refractivity contribution is -0.167. The SMILES string of the molecule is O=C(OCc1ccccc1)c1cc(F)c(NC(=O)C(F)(F)F)cc1OCc1ccccc1. The molecule has 32 heavy (non-hydrogen) atoms. The van der Waals surface area contributed by atoms with Gasteiger partial charge < -0.3 is 14.8 Å². The van der Waals surface area contributed by atoms with Crippen molar-refractivity contribution in [2.24, 2.45) is 0 Å². The molecule has 0 unspecified atom stereocenters. The summed E-state index contributed by atoms with van der Waals surface area (Å²) in [6, 6.07) is 18.9. The molecule has 3 aromatic rings. The predicted octanol–water partition coefficient (Wildman–Crippen LogP) is 5.26. The molecule has 0 radical (unpaired) electrons. The van der Waals surface area contributed by atoms with Crippen LogP contribution in [0.25, 0.3) is 0 Å². The van der Waals surface area contributed by atoms with Gasteiger partial charge in [-0.05, 0) is 17.2 Å². The maximum Gasteiger partial charge on any atom is 0.471 e. The van der Waals surface area contributed by atoms with Crippen LogP contribution in [0.4, 0.5) is 23.2 Å². The number of esters is 1. The highest BCUT2D eigenvalue weighted by molar-refractivity contribution is 5.97. The minimum atomic E-state index is -5.22. The highest BCUT2D eigenvalue weighted by Gasteiger charge is 2.39. The summed E-state index contributed by atoms with van der Waals surface area (Å²) >= 11 is 0. The van der Waals surface area contributed by atoms with E-state index in [-0.39, 0.29) is 24.5 Å². The summed E-state index contributed by atoms with van der Waals surface area (Å²) < 4.78 is 62.9. The van der Waals surface area contributed by atoms with Crippen molar-refractivity contribution in [2.75, 3.05) is 5.32 Å². The molecule has 1 amide bonds. The van der Waals surface area contributed by atoms with E-state index in [9.17, 15) is 27.2 Å². The number of hydrogen-bond donors (Lipinski definition) is 1. The normalized spacial score (nSPS) is 11.0. The molecule has 0 aliphatic heterocycles. The first-order chi connectivity index (χ1) is 15.2. The molecule has 0 atom stereocenters. The Balaban J connectivity index is 1.86. The van der Waals surface area contributed by atoms with Crippen LogP contribution in [0.15, 0.2) is 72.8 Å². The number of carbonyl (C=O) groups is 2. The van der Waals surface area contributed by atoms with Gasteiger partial charge in [0.1, 0.15) is 30.3 Å². The van der Waals surface area contributed by atoms with E-state index in [1.807, 2.05) is 0 Å². The van der Waals surface area contributed by atoms with Crippen LogP contribution in [0.2, 0.25) is 0 Å². The molecule has 0 spiro atoms. The van der Waals surface area contributed by atoms with Gasteiger partial charge in [0.25, 0.3) is 0 Å². The third-order valence-corrected chi connectivity index (χ3v) is 4.24. The molecule has 5 nitrogen and oxygen atoms in total. The zero-order valence-electron chi connectivity index (χ0n) is 16.5. The van der Waals surface area contributed by atoms with E-state index >= 15 is 0 Å². The van der Waals surface area contributed by atoms with E-state index in [0.29, 0.717) is 17.2 Å². The first-order valence-corrected chi connectivity index (χ1v) is 9.33. The van der Waals surface area contributed by atoms with Gasteiger partial charge in [0.2, 0.25) is 0 Å². The van der Waals surface area contributed by atoms with Crippen molar-refractivity contribution in [2.45, 2.75) is 19.4 Å². The van der Waals surface area contributed by atoms with Crippen LogP contribution in [-0.2, 0) is 22.7 Å². The lowest BCUT2D eigenvalue weighted by atomic mass is 10.1. The van der Waals surface area contributed by atoms with E-state index < -0.39 is 29.6 Å². The van der Waals surface area contributed by atoms with Crippen LogP contribution in [0.5, 0.6) is 5.75 Å². The van der Waals surface area contributed by atoms with Crippen LogP contribution < -0.4 is 10.1 Å². The number of hydrogen-bond acceptors (Lipinski definition) is 4. The number of benzene rings is 3. The fourth-order valence-electron chi connectivity index (χ4n) is 2.66. The van der Waals surface area contributed by atoms with E-state index in [2.05, 4.69) is 0 Å². The van der Waals surface area contributed by atoms with Gasteiger partial charge in [-0.15, -0.1) is 0 Å². The standard InChI is InChI=1S/C23H17F4NO4/c24-18-11-17(21(29)32-14-16-9-5-2-6-10-16)20(31-13-15-7-3-1-4-8-15)12-19(18)28-22(30)23(25,26)27/h1-12H,13-14H2,(H,28,30). The maximum absolute atomic E-state index is 14.4. The van der Waals surface area contributed by atoms with Gasteiger partial charge in [-0.3, -0.25) is 4.79 Å². The van der Waals surface area contributed by atoms with Crippen molar-refractivity contribution in [3.05, 3.63) is 95.3 Å². The van der Waals surface area contributed by atoms with Gasteiger partial charge in [0, 0.05) is 6.07 Å². The molecule has 0 heterocycles. The van der Waals surface area contributed by atoms with Crippen molar-refractivity contribution in [1.29, 1.82) is 0 Å². The lowest BCUT2D eigenvalue weighted by Crippen LogP contribution is -2.30. The largest absolute Gasteiger partial charge is 0.488 e. The van der Waals surface area contributed by atoms with Crippen LogP contribution in [0, 0.1) is 5.82 Å². The fourth-order valence-corrected chi connectivity index (χ4v) is 2.66. The lowest BCUT2D eigenvalue weighted by Gasteiger charge is -2.15. The summed E-state index contributed by atoms with van der Waals surface area (Å²) in [5.41, 5.74) is 0.262. The van der Waals surface area contributed by atoms with Gasteiger partial charge >= 0.3 is 18.1 Å². The number of alkyl halides is 3. The third-order valence-electron chi connectivity index (χ3n) is 4.24. The molecule has 3 rings (SSSR count). The average molecular weight is 447 g/mol. The van der Waals surface area contributed by atoms with Gasteiger partial charge in [0.15, 0.2) is 0 Å². The Morgan fingerprint density at radius 2 is 1.41 bits per heavy atom. The van der Waals surface area contributed by atoms with E-state index in [1.54, 1.807) is 60.7 Å². The highest BCUT2D eigenvalue weighted by atomic mass is 19.4. The fraction of sp³-hybridized carbons (Fsp3) is 0.130. The predicted molar refractivity (Wildman–Crippen MR) is 107 cm³/mol. The number of ether oxygens (including phenoxy) is 2. The molecule has 0 saturated heterocycles. The molecule has 0 fully saturated rings. The molecule has 9 heteroatoms. The van der Waals surface area contributed by atoms with Crippen LogP contribution in [0.3, 0.4) is 0 Å². The first kappa shape index (κ1) is 22.8. The van der Waals surface area contributed by atoms with Crippen LogP contribution in [-0.4, -0.2) is 18.1 Å². The second-order valence-corrected chi connectivity index (χ2v) is 6.62. The zero-order chi connectivity index (χ0) is 23.1. The van der Waals surface area contributed by atoms with Gasteiger partial charge in [-0.2, -0.15) is 13.2 Å². The topological polar surface area (TPSA) is 64.6 Å². The average Bonchev–Trinajstić information content (AvgIpc) is 2.78.